The molecule has 0 aliphatic carbocycles. The molecule has 3 nitrogen and oxygen atoms in total. The standard InChI is InChI=1S/C14H12FNO2/c15-12-8-4-7-11(14(16)17)13(12)18-9-10-5-2-1-3-6-10/h1-8H,9H2,(H2,16,17). The maximum absolute atomic E-state index is 13.6. The highest BCUT2D eigenvalue weighted by Gasteiger charge is 2.13. The summed E-state index contributed by atoms with van der Waals surface area (Å²) in [4.78, 5) is 11.2. The first kappa shape index (κ1) is 12.1. The summed E-state index contributed by atoms with van der Waals surface area (Å²) in [6.07, 6.45) is 0. The number of carbonyl (C=O) groups is 1. The predicted octanol–water partition coefficient (Wildman–Crippen LogP) is 2.50. The second-order valence-electron chi connectivity index (χ2n) is 3.76. The van der Waals surface area contributed by atoms with E-state index in [9.17, 15) is 9.18 Å². The van der Waals surface area contributed by atoms with Gasteiger partial charge in [0.25, 0.3) is 5.91 Å². The predicted molar refractivity (Wildman–Crippen MR) is 65.7 cm³/mol. The molecule has 0 bridgehead atoms. The zero-order valence-corrected chi connectivity index (χ0v) is 9.60. The van der Waals surface area contributed by atoms with E-state index in [2.05, 4.69) is 0 Å². The summed E-state index contributed by atoms with van der Waals surface area (Å²) < 4.78 is 18.9. The van der Waals surface area contributed by atoms with E-state index in [4.69, 9.17) is 10.5 Å². The summed E-state index contributed by atoms with van der Waals surface area (Å²) in [6.45, 7) is 0.183. The van der Waals surface area contributed by atoms with Crippen molar-refractivity contribution < 1.29 is 13.9 Å². The van der Waals surface area contributed by atoms with Crippen LogP contribution in [0.5, 0.6) is 5.75 Å². The van der Waals surface area contributed by atoms with E-state index in [-0.39, 0.29) is 17.9 Å². The van der Waals surface area contributed by atoms with Crippen LogP contribution in [0.4, 0.5) is 4.39 Å². The Morgan fingerprint density at radius 2 is 1.83 bits per heavy atom. The van der Waals surface area contributed by atoms with E-state index in [0.717, 1.165) is 5.56 Å². The van der Waals surface area contributed by atoms with Gasteiger partial charge in [-0.25, -0.2) is 4.39 Å². The average molecular weight is 245 g/mol. The zero-order valence-electron chi connectivity index (χ0n) is 9.60. The Balaban J connectivity index is 2.21. The number of nitrogens with two attached hydrogens (primary N) is 1. The fourth-order valence-corrected chi connectivity index (χ4v) is 1.58. The maximum atomic E-state index is 13.6. The van der Waals surface area contributed by atoms with Crippen LogP contribution in [0.3, 0.4) is 0 Å². The second kappa shape index (κ2) is 5.31. The lowest BCUT2D eigenvalue weighted by Crippen LogP contribution is -2.14. The molecular weight excluding hydrogens is 233 g/mol. The molecule has 0 heterocycles. The van der Waals surface area contributed by atoms with Gasteiger partial charge < -0.3 is 10.5 Å². The minimum atomic E-state index is -0.711. The molecule has 0 aliphatic rings. The van der Waals surface area contributed by atoms with Gasteiger partial charge in [-0.05, 0) is 17.7 Å². The van der Waals surface area contributed by atoms with Crippen molar-refractivity contribution >= 4 is 5.91 Å². The van der Waals surface area contributed by atoms with Gasteiger partial charge in [-0.1, -0.05) is 36.4 Å². The lowest BCUT2D eigenvalue weighted by Gasteiger charge is -2.10. The van der Waals surface area contributed by atoms with Crippen molar-refractivity contribution in [3.05, 3.63) is 65.5 Å². The number of carbonyl (C=O) groups excluding carboxylic acids is 1. The van der Waals surface area contributed by atoms with Crippen LogP contribution in [-0.4, -0.2) is 5.91 Å². The molecule has 2 aromatic rings. The first-order valence-corrected chi connectivity index (χ1v) is 5.43. The van der Waals surface area contributed by atoms with Gasteiger partial charge in [0, 0.05) is 0 Å². The average Bonchev–Trinajstić information content (AvgIpc) is 2.38. The number of halogens is 1. The fraction of sp³-hybridized carbons (Fsp3) is 0.0714. The normalized spacial score (nSPS) is 10.1. The minimum absolute atomic E-state index is 0.0472. The summed E-state index contributed by atoms with van der Waals surface area (Å²) in [7, 11) is 0. The lowest BCUT2D eigenvalue weighted by atomic mass is 10.2. The summed E-state index contributed by atoms with van der Waals surface area (Å²) in [5.41, 5.74) is 6.10. The molecule has 0 aromatic heterocycles. The van der Waals surface area contributed by atoms with Crippen LogP contribution < -0.4 is 10.5 Å². The molecule has 0 spiro atoms. The molecule has 4 heteroatoms. The van der Waals surface area contributed by atoms with E-state index >= 15 is 0 Å². The van der Waals surface area contributed by atoms with Crippen LogP contribution in [0.25, 0.3) is 0 Å². The molecule has 0 radical (unpaired) electrons. The van der Waals surface area contributed by atoms with Gasteiger partial charge in [0.1, 0.15) is 6.61 Å². The Bertz CT molecular complexity index is 555. The van der Waals surface area contributed by atoms with Gasteiger partial charge in [-0.15, -0.1) is 0 Å². The number of ether oxygens (including phenoxy) is 1. The third-order valence-electron chi connectivity index (χ3n) is 2.46. The van der Waals surface area contributed by atoms with E-state index in [1.165, 1.54) is 18.2 Å². The number of primary amides is 1. The largest absolute Gasteiger partial charge is 0.485 e. The highest BCUT2D eigenvalue weighted by Crippen LogP contribution is 2.23. The van der Waals surface area contributed by atoms with Gasteiger partial charge in [0.05, 0.1) is 5.56 Å². The Labute approximate surface area is 104 Å². The maximum Gasteiger partial charge on any atom is 0.252 e. The van der Waals surface area contributed by atoms with Crippen LogP contribution >= 0.6 is 0 Å². The zero-order chi connectivity index (χ0) is 13.0. The molecule has 0 saturated carbocycles. The minimum Gasteiger partial charge on any atom is -0.485 e. The van der Waals surface area contributed by atoms with Crippen molar-refractivity contribution in [3.63, 3.8) is 0 Å². The van der Waals surface area contributed by atoms with Crippen molar-refractivity contribution in [2.45, 2.75) is 6.61 Å². The lowest BCUT2D eigenvalue weighted by molar-refractivity contribution is 0.0995. The Morgan fingerprint density at radius 1 is 1.11 bits per heavy atom. The van der Waals surface area contributed by atoms with Crippen LogP contribution in [0.15, 0.2) is 48.5 Å². The summed E-state index contributed by atoms with van der Waals surface area (Å²) in [5, 5.41) is 0. The number of para-hydroxylation sites is 1. The third kappa shape index (κ3) is 2.66. The summed E-state index contributed by atoms with van der Waals surface area (Å²) in [5.74, 6) is -1.41. The SMILES string of the molecule is NC(=O)c1cccc(F)c1OCc1ccccc1. The number of hydrogen-bond acceptors (Lipinski definition) is 2. The Hall–Kier alpha value is -2.36. The molecule has 2 aromatic carbocycles. The molecular formula is C14H12FNO2. The second-order valence-corrected chi connectivity index (χ2v) is 3.76. The van der Waals surface area contributed by atoms with Gasteiger partial charge in [-0.2, -0.15) is 0 Å². The van der Waals surface area contributed by atoms with Crippen LogP contribution in [0.1, 0.15) is 15.9 Å². The quantitative estimate of drug-likeness (QED) is 0.899. The fourth-order valence-electron chi connectivity index (χ4n) is 1.58. The molecule has 0 aliphatic heterocycles. The molecule has 18 heavy (non-hydrogen) atoms. The van der Waals surface area contributed by atoms with Crippen molar-refractivity contribution in [1.29, 1.82) is 0 Å². The molecule has 0 saturated heterocycles. The number of benzene rings is 2. The topological polar surface area (TPSA) is 52.3 Å². The summed E-state index contributed by atoms with van der Waals surface area (Å²) >= 11 is 0. The monoisotopic (exact) mass is 245 g/mol. The van der Waals surface area contributed by atoms with Crippen molar-refractivity contribution in [3.8, 4) is 5.75 Å². The van der Waals surface area contributed by atoms with Gasteiger partial charge in [-0.3, -0.25) is 4.79 Å². The van der Waals surface area contributed by atoms with Crippen LogP contribution in [0, 0.1) is 5.82 Å². The molecule has 2 N–H and O–H groups in total. The van der Waals surface area contributed by atoms with E-state index in [1.54, 1.807) is 0 Å². The highest BCUT2D eigenvalue weighted by molar-refractivity contribution is 5.95. The molecule has 2 rings (SSSR count). The van der Waals surface area contributed by atoms with Gasteiger partial charge >= 0.3 is 0 Å². The van der Waals surface area contributed by atoms with Crippen molar-refractivity contribution in [1.82, 2.24) is 0 Å². The van der Waals surface area contributed by atoms with Gasteiger partial charge in [0.2, 0.25) is 0 Å². The van der Waals surface area contributed by atoms with Gasteiger partial charge in [0.15, 0.2) is 11.6 Å². The molecule has 0 unspecified atom stereocenters. The Morgan fingerprint density at radius 3 is 2.50 bits per heavy atom. The smallest absolute Gasteiger partial charge is 0.252 e. The number of rotatable bonds is 4. The van der Waals surface area contributed by atoms with Crippen molar-refractivity contribution in [2.24, 2.45) is 5.73 Å². The highest BCUT2D eigenvalue weighted by atomic mass is 19.1. The van der Waals surface area contributed by atoms with Crippen LogP contribution in [0.2, 0.25) is 0 Å². The summed E-state index contributed by atoms with van der Waals surface area (Å²) in [6, 6.07) is 13.4. The molecule has 0 fully saturated rings. The van der Waals surface area contributed by atoms with Crippen molar-refractivity contribution in [2.75, 3.05) is 0 Å². The molecule has 0 atom stereocenters. The molecule has 92 valence electrons. The Kier molecular flexibility index (Phi) is 3.57. The van der Waals surface area contributed by atoms with E-state index in [1.807, 2.05) is 30.3 Å². The van der Waals surface area contributed by atoms with Crippen LogP contribution in [-0.2, 0) is 6.61 Å². The van der Waals surface area contributed by atoms with E-state index < -0.39 is 11.7 Å². The van der Waals surface area contributed by atoms with E-state index in [0.29, 0.717) is 0 Å². The first-order chi connectivity index (χ1) is 8.68. The third-order valence-corrected chi connectivity index (χ3v) is 2.46. The number of hydrogen-bond donors (Lipinski definition) is 1. The molecule has 1 amide bonds. The number of amides is 1. The first-order valence-electron chi connectivity index (χ1n) is 5.43.